The van der Waals surface area contributed by atoms with E-state index >= 15 is 0 Å². The van der Waals surface area contributed by atoms with Gasteiger partial charge in [0.1, 0.15) is 17.5 Å². The van der Waals surface area contributed by atoms with Gasteiger partial charge in [0.2, 0.25) is 5.91 Å². The number of hydrogen-bond donors (Lipinski definition) is 2. The first-order valence-corrected chi connectivity index (χ1v) is 21.9. The molecular formula is C44H53ClF3N9O5. The first-order valence-electron chi connectivity index (χ1n) is 21.6. The molecule has 2 aromatic heterocycles. The highest BCUT2D eigenvalue weighted by Crippen LogP contribution is 2.36. The quantitative estimate of drug-likeness (QED) is 0.244. The molecule has 5 aliphatic rings. The van der Waals surface area contributed by atoms with Crippen molar-refractivity contribution in [2.75, 3.05) is 58.3 Å². The Morgan fingerprint density at radius 2 is 1.71 bits per heavy atom. The SMILES string of the molecule is COC1Cc2nn([C@H]3CC[C@H](CN(C)C4CCN(C5CCN(C(=O)c6ccc(Cl)c(N7CCC(=O)NC7=O)c6)CC5)CC4)CC3)cc2C=C1NC(=O)c1cccc(C(F)(F)F)n1. The molecule has 2 aliphatic carbocycles. The van der Waals surface area contributed by atoms with Crippen molar-refractivity contribution in [1.82, 2.24) is 40.1 Å². The number of nitrogens with one attached hydrogen (secondary N) is 2. The van der Waals surface area contributed by atoms with Gasteiger partial charge in [0, 0.05) is 81.2 Å². The summed E-state index contributed by atoms with van der Waals surface area (Å²) in [5.41, 5.74) is 1.62. The van der Waals surface area contributed by atoms with Gasteiger partial charge >= 0.3 is 12.2 Å². The summed E-state index contributed by atoms with van der Waals surface area (Å²) >= 11 is 6.41. The lowest BCUT2D eigenvalue weighted by Gasteiger charge is -2.44. The molecule has 18 heteroatoms. The fourth-order valence-corrected chi connectivity index (χ4v) is 10.0. The number of pyridine rings is 1. The van der Waals surface area contributed by atoms with Crippen molar-refractivity contribution >= 4 is 47.1 Å². The van der Waals surface area contributed by atoms with Crippen LogP contribution in [0.15, 0.2) is 48.3 Å². The molecule has 1 atom stereocenters. The van der Waals surface area contributed by atoms with Gasteiger partial charge in [-0.05, 0) is 114 Å². The van der Waals surface area contributed by atoms with Gasteiger partial charge in [-0.25, -0.2) is 9.78 Å². The molecule has 2 N–H and O–H groups in total. The molecule has 14 nitrogen and oxygen atoms in total. The number of piperidine rings is 2. The molecule has 0 radical (unpaired) electrons. The van der Waals surface area contributed by atoms with Crippen LogP contribution in [0.3, 0.4) is 0 Å². The number of rotatable bonds is 10. The number of carbonyl (C=O) groups excluding carboxylic acids is 4. The maximum Gasteiger partial charge on any atom is 0.433 e. The van der Waals surface area contributed by atoms with E-state index in [1.807, 2.05) is 15.8 Å². The molecule has 3 aliphatic heterocycles. The summed E-state index contributed by atoms with van der Waals surface area (Å²) < 4.78 is 47.3. The number of ether oxygens (including phenoxy) is 1. The number of benzene rings is 1. The average molecular weight is 880 g/mol. The highest BCUT2D eigenvalue weighted by Gasteiger charge is 2.36. The van der Waals surface area contributed by atoms with Crippen molar-refractivity contribution in [1.29, 1.82) is 0 Å². The Labute approximate surface area is 363 Å². The van der Waals surface area contributed by atoms with Crippen LogP contribution in [0.2, 0.25) is 5.02 Å². The van der Waals surface area contributed by atoms with E-state index in [2.05, 4.69) is 32.5 Å². The van der Waals surface area contributed by atoms with Crippen molar-refractivity contribution in [2.24, 2.45) is 5.92 Å². The monoisotopic (exact) mass is 879 g/mol. The van der Waals surface area contributed by atoms with Crippen molar-refractivity contribution < 1.29 is 37.1 Å². The number of methoxy groups -OCH3 is 1. The third-order valence-electron chi connectivity index (χ3n) is 13.4. The van der Waals surface area contributed by atoms with Gasteiger partial charge in [0.05, 0.1) is 22.4 Å². The number of hydrogen-bond acceptors (Lipinski definition) is 9. The number of carbonyl (C=O) groups is 4. The van der Waals surface area contributed by atoms with E-state index in [1.165, 1.54) is 24.1 Å². The third-order valence-corrected chi connectivity index (χ3v) is 13.7. The van der Waals surface area contributed by atoms with Gasteiger partial charge in [0.25, 0.3) is 11.8 Å². The zero-order chi connectivity index (χ0) is 43.7. The lowest BCUT2D eigenvalue weighted by Crippen LogP contribution is -2.51. The van der Waals surface area contributed by atoms with E-state index in [9.17, 15) is 32.3 Å². The summed E-state index contributed by atoms with van der Waals surface area (Å²) in [6.07, 6.45) is 7.51. The fourth-order valence-electron chi connectivity index (χ4n) is 9.80. The number of alkyl halides is 3. The zero-order valence-corrected chi connectivity index (χ0v) is 35.8. The number of halogens is 4. The lowest BCUT2D eigenvalue weighted by atomic mass is 9.85. The predicted molar refractivity (Wildman–Crippen MR) is 226 cm³/mol. The Morgan fingerprint density at radius 1 is 0.968 bits per heavy atom. The minimum Gasteiger partial charge on any atom is -0.375 e. The van der Waals surface area contributed by atoms with E-state index in [0.29, 0.717) is 59.5 Å². The van der Waals surface area contributed by atoms with Crippen LogP contribution in [-0.2, 0) is 22.1 Å². The largest absolute Gasteiger partial charge is 0.433 e. The Kier molecular flexibility index (Phi) is 13.1. The molecule has 5 amide bonds. The van der Waals surface area contributed by atoms with E-state index in [4.69, 9.17) is 21.4 Å². The second-order valence-corrected chi connectivity index (χ2v) is 17.6. The highest BCUT2D eigenvalue weighted by atomic mass is 35.5. The number of imide groups is 1. The van der Waals surface area contributed by atoms with Crippen LogP contribution in [0, 0.1) is 5.92 Å². The molecule has 332 valence electrons. The molecule has 1 unspecified atom stereocenters. The Hall–Kier alpha value is -4.84. The van der Waals surface area contributed by atoms with Gasteiger partial charge < -0.3 is 24.8 Å². The minimum absolute atomic E-state index is 0.0819. The topological polar surface area (TPSA) is 145 Å². The van der Waals surface area contributed by atoms with Crippen LogP contribution >= 0.6 is 11.6 Å². The third kappa shape index (κ3) is 9.70. The Balaban J connectivity index is 0.774. The van der Waals surface area contributed by atoms with Crippen LogP contribution < -0.4 is 15.5 Å². The summed E-state index contributed by atoms with van der Waals surface area (Å²) in [6, 6.07) is 8.92. The molecule has 3 saturated heterocycles. The first-order chi connectivity index (χ1) is 29.7. The van der Waals surface area contributed by atoms with Crippen LogP contribution in [0.25, 0.3) is 6.08 Å². The summed E-state index contributed by atoms with van der Waals surface area (Å²) in [5, 5.41) is 10.3. The summed E-state index contributed by atoms with van der Waals surface area (Å²) in [6.45, 7) is 4.67. The molecule has 8 rings (SSSR count). The molecule has 3 aromatic rings. The fraction of sp³-hybridized carbons (Fsp3) is 0.545. The van der Waals surface area contributed by atoms with Gasteiger partial charge in [0.15, 0.2) is 0 Å². The summed E-state index contributed by atoms with van der Waals surface area (Å²) in [4.78, 5) is 62.5. The molecule has 1 aromatic carbocycles. The molecular weight excluding hydrogens is 827 g/mol. The van der Waals surface area contributed by atoms with Crippen molar-refractivity contribution in [3.8, 4) is 0 Å². The normalized spacial score (nSPS) is 23.3. The van der Waals surface area contributed by atoms with E-state index < -0.39 is 29.9 Å². The van der Waals surface area contributed by atoms with Crippen LogP contribution in [-0.4, -0.2) is 125 Å². The van der Waals surface area contributed by atoms with Crippen LogP contribution in [0.5, 0.6) is 0 Å². The predicted octanol–water partition coefficient (Wildman–Crippen LogP) is 6.17. The summed E-state index contributed by atoms with van der Waals surface area (Å²) in [5.74, 6) is -0.546. The van der Waals surface area contributed by atoms with Crippen molar-refractivity contribution in [2.45, 2.75) is 94.6 Å². The molecule has 1 saturated carbocycles. The van der Waals surface area contributed by atoms with Crippen molar-refractivity contribution in [3.63, 3.8) is 0 Å². The second kappa shape index (κ2) is 18.5. The molecule has 62 heavy (non-hydrogen) atoms. The van der Waals surface area contributed by atoms with Crippen molar-refractivity contribution in [3.05, 3.63) is 81.5 Å². The van der Waals surface area contributed by atoms with E-state index in [0.717, 1.165) is 88.3 Å². The molecule has 4 fully saturated rings. The minimum atomic E-state index is -4.66. The smallest absolute Gasteiger partial charge is 0.375 e. The Morgan fingerprint density at radius 3 is 2.40 bits per heavy atom. The molecule has 0 spiro atoms. The van der Waals surface area contributed by atoms with Crippen LogP contribution in [0.4, 0.5) is 23.7 Å². The maximum absolute atomic E-state index is 13.5. The molecule has 0 bridgehead atoms. The van der Waals surface area contributed by atoms with E-state index in [-0.39, 0.29) is 36.5 Å². The maximum atomic E-state index is 13.5. The molecule has 5 heterocycles. The van der Waals surface area contributed by atoms with Gasteiger partial charge in [-0.1, -0.05) is 17.7 Å². The van der Waals surface area contributed by atoms with E-state index in [1.54, 1.807) is 24.3 Å². The number of aromatic nitrogens is 3. The number of amides is 5. The van der Waals surface area contributed by atoms with Crippen LogP contribution in [0.1, 0.15) is 102 Å². The number of urea groups is 1. The standard InChI is InChI=1S/C44H53ClF3N9O5/c1-53(30-12-17-54(18-13-30)31-14-19-55(20-15-31)42(60)28-8-11-33(45)37(23-28)56-21-16-40(58)51-43(56)61)25-27-6-9-32(10-7-27)57-26-29-22-36(38(62-2)24-35(29)52-57)50-41(59)34-4-3-5-39(49-34)44(46,47)48/h3-5,8,11,22-23,26-27,30-32,38H,6-7,9-10,12-21,24-25H2,1-2H3,(H,50,59)(H,51,58,61)/t27-,32-,38?. The first kappa shape index (κ1) is 43.8. The second-order valence-electron chi connectivity index (χ2n) is 17.2. The summed E-state index contributed by atoms with van der Waals surface area (Å²) in [7, 11) is 3.79. The highest BCUT2D eigenvalue weighted by molar-refractivity contribution is 6.34. The zero-order valence-electron chi connectivity index (χ0n) is 35.0. The average Bonchev–Trinajstić information content (AvgIpc) is 3.69. The number of fused-ring (bicyclic) bond motifs is 1. The Bertz CT molecular complexity index is 2190. The van der Waals surface area contributed by atoms with Gasteiger partial charge in [-0.2, -0.15) is 18.3 Å². The number of likely N-dealkylation sites (tertiary alicyclic amines) is 2. The van der Waals surface area contributed by atoms with Gasteiger partial charge in [-0.3, -0.25) is 29.3 Å². The van der Waals surface area contributed by atoms with Gasteiger partial charge in [-0.15, -0.1) is 0 Å². The lowest BCUT2D eigenvalue weighted by molar-refractivity contribution is -0.141. The number of anilines is 1. The number of nitrogens with zero attached hydrogens (tertiary/aromatic N) is 7.